The Morgan fingerprint density at radius 1 is 1.14 bits per heavy atom. The zero-order valence-corrected chi connectivity index (χ0v) is 11.0. The molecule has 0 bridgehead atoms. The Balaban J connectivity index is 1.70. The lowest BCUT2D eigenvalue weighted by molar-refractivity contribution is 0.0929. The zero-order chi connectivity index (χ0) is 14.7. The highest BCUT2D eigenvalue weighted by atomic mass is 16.3. The number of hydrogen-bond acceptors (Lipinski definition) is 4. The van der Waals surface area contributed by atoms with E-state index in [1.54, 1.807) is 36.4 Å². The van der Waals surface area contributed by atoms with Crippen molar-refractivity contribution in [2.75, 3.05) is 0 Å². The molecule has 104 valence electrons. The number of nitrogens with one attached hydrogen (secondary N) is 1. The average molecular weight is 280 g/mol. The van der Waals surface area contributed by atoms with Gasteiger partial charge in [0.05, 0.1) is 6.21 Å². The van der Waals surface area contributed by atoms with E-state index in [2.05, 4.69) is 10.5 Å². The van der Waals surface area contributed by atoms with Crippen molar-refractivity contribution in [3.05, 3.63) is 65.9 Å². The monoisotopic (exact) mass is 280 g/mol. The van der Waals surface area contributed by atoms with Crippen molar-refractivity contribution in [2.45, 2.75) is 0 Å². The number of carbonyl (C=O) groups excluding carboxylic acids is 1. The van der Waals surface area contributed by atoms with Gasteiger partial charge in [0.1, 0.15) is 11.3 Å². The maximum atomic E-state index is 11.9. The fourth-order valence-corrected chi connectivity index (χ4v) is 1.87. The van der Waals surface area contributed by atoms with Crippen LogP contribution in [-0.2, 0) is 0 Å². The number of phenols is 1. The summed E-state index contributed by atoms with van der Waals surface area (Å²) in [6.07, 6.45) is 1.49. The van der Waals surface area contributed by atoms with Gasteiger partial charge in [-0.25, -0.2) is 5.43 Å². The third-order valence-corrected chi connectivity index (χ3v) is 2.92. The first-order chi connectivity index (χ1) is 10.2. The Kier molecular flexibility index (Phi) is 3.39. The van der Waals surface area contributed by atoms with Crippen LogP contribution in [0.2, 0.25) is 0 Å². The highest BCUT2D eigenvalue weighted by Crippen LogP contribution is 2.18. The van der Waals surface area contributed by atoms with Gasteiger partial charge in [-0.3, -0.25) is 4.79 Å². The van der Waals surface area contributed by atoms with Crippen LogP contribution in [-0.4, -0.2) is 17.2 Å². The molecule has 2 aromatic carbocycles. The normalized spacial score (nSPS) is 11.0. The fraction of sp³-hybridized carbons (Fsp3) is 0. The van der Waals surface area contributed by atoms with Crippen molar-refractivity contribution >= 4 is 23.1 Å². The van der Waals surface area contributed by atoms with Crippen LogP contribution in [0.5, 0.6) is 5.75 Å². The number of benzene rings is 2. The number of hydrazone groups is 1. The summed E-state index contributed by atoms with van der Waals surface area (Å²) in [5.41, 5.74) is 3.82. The Morgan fingerprint density at radius 2 is 1.90 bits per heavy atom. The summed E-state index contributed by atoms with van der Waals surface area (Å²) in [6.45, 7) is 0. The summed E-state index contributed by atoms with van der Waals surface area (Å²) in [6, 6.07) is 15.5. The maximum Gasteiger partial charge on any atom is 0.307 e. The van der Waals surface area contributed by atoms with Gasteiger partial charge in [-0.15, -0.1) is 0 Å². The minimum absolute atomic E-state index is 0.179. The van der Waals surface area contributed by atoms with Crippen LogP contribution in [0.25, 0.3) is 11.0 Å². The number of para-hydroxylation sites is 1. The van der Waals surface area contributed by atoms with Crippen molar-refractivity contribution in [1.29, 1.82) is 0 Å². The van der Waals surface area contributed by atoms with Gasteiger partial charge in [0, 0.05) is 5.39 Å². The van der Waals surface area contributed by atoms with Crippen LogP contribution in [0, 0.1) is 0 Å². The number of hydrogen-bond donors (Lipinski definition) is 2. The molecule has 0 saturated heterocycles. The quantitative estimate of drug-likeness (QED) is 0.572. The van der Waals surface area contributed by atoms with Gasteiger partial charge in [-0.05, 0) is 42.0 Å². The number of rotatable bonds is 3. The molecule has 0 aliphatic heterocycles. The van der Waals surface area contributed by atoms with Crippen molar-refractivity contribution in [2.24, 2.45) is 5.10 Å². The van der Waals surface area contributed by atoms with E-state index < -0.39 is 5.91 Å². The number of carbonyl (C=O) groups is 1. The van der Waals surface area contributed by atoms with Gasteiger partial charge in [-0.2, -0.15) is 5.10 Å². The van der Waals surface area contributed by atoms with E-state index in [0.29, 0.717) is 5.58 Å². The third kappa shape index (κ3) is 2.92. The average Bonchev–Trinajstić information content (AvgIpc) is 2.93. The minimum Gasteiger partial charge on any atom is -0.508 e. The molecule has 0 radical (unpaired) electrons. The number of phenolic OH excluding ortho intramolecular Hbond substituents is 1. The molecule has 0 unspecified atom stereocenters. The fourth-order valence-electron chi connectivity index (χ4n) is 1.87. The summed E-state index contributed by atoms with van der Waals surface area (Å²) >= 11 is 0. The molecule has 2 N–H and O–H groups in total. The highest BCUT2D eigenvalue weighted by molar-refractivity contribution is 5.96. The molecule has 1 heterocycles. The zero-order valence-electron chi connectivity index (χ0n) is 11.0. The van der Waals surface area contributed by atoms with Gasteiger partial charge in [0.2, 0.25) is 0 Å². The predicted octanol–water partition coefficient (Wildman–Crippen LogP) is 2.90. The molecule has 5 heteroatoms. The summed E-state index contributed by atoms with van der Waals surface area (Å²) in [4.78, 5) is 11.9. The summed E-state index contributed by atoms with van der Waals surface area (Å²) in [5.74, 6) is -0.0289. The number of furan rings is 1. The van der Waals surface area contributed by atoms with Crippen LogP contribution >= 0.6 is 0 Å². The topological polar surface area (TPSA) is 74.8 Å². The van der Waals surface area contributed by atoms with Crippen LogP contribution in [0.3, 0.4) is 0 Å². The van der Waals surface area contributed by atoms with Crippen molar-refractivity contribution in [3.63, 3.8) is 0 Å². The highest BCUT2D eigenvalue weighted by Gasteiger charge is 2.10. The van der Waals surface area contributed by atoms with E-state index in [1.165, 1.54) is 6.21 Å². The Hall–Kier alpha value is -3.08. The van der Waals surface area contributed by atoms with E-state index >= 15 is 0 Å². The number of amides is 1. The van der Waals surface area contributed by atoms with Gasteiger partial charge in [0.25, 0.3) is 0 Å². The SMILES string of the molecule is O=C(N/N=C/c1ccc(O)cc1)c1cc2ccccc2o1. The maximum absolute atomic E-state index is 11.9. The molecule has 0 aliphatic rings. The predicted molar refractivity (Wildman–Crippen MR) is 79.4 cm³/mol. The number of nitrogens with zero attached hydrogens (tertiary/aromatic N) is 1. The first-order valence-corrected chi connectivity index (χ1v) is 6.33. The van der Waals surface area contributed by atoms with E-state index in [1.807, 2.05) is 18.2 Å². The summed E-state index contributed by atoms with van der Waals surface area (Å²) in [7, 11) is 0. The number of aromatic hydroxyl groups is 1. The molecule has 1 aromatic heterocycles. The smallest absolute Gasteiger partial charge is 0.307 e. The first-order valence-electron chi connectivity index (χ1n) is 6.33. The van der Waals surface area contributed by atoms with Gasteiger partial charge >= 0.3 is 5.91 Å². The molecule has 0 spiro atoms. The molecular formula is C16H12N2O3. The second-order valence-corrected chi connectivity index (χ2v) is 4.44. The molecule has 21 heavy (non-hydrogen) atoms. The van der Waals surface area contributed by atoms with E-state index in [-0.39, 0.29) is 11.5 Å². The molecule has 0 atom stereocenters. The van der Waals surface area contributed by atoms with Crippen LogP contribution in [0.4, 0.5) is 0 Å². The van der Waals surface area contributed by atoms with Crippen molar-refractivity contribution < 1.29 is 14.3 Å². The minimum atomic E-state index is -0.416. The molecule has 1 amide bonds. The van der Waals surface area contributed by atoms with Crippen LogP contribution in [0.1, 0.15) is 16.1 Å². The van der Waals surface area contributed by atoms with Crippen LogP contribution < -0.4 is 5.43 Å². The van der Waals surface area contributed by atoms with Crippen molar-refractivity contribution in [3.8, 4) is 5.75 Å². The lowest BCUT2D eigenvalue weighted by Gasteiger charge is -1.96. The molecule has 0 saturated carbocycles. The lowest BCUT2D eigenvalue weighted by Crippen LogP contribution is -2.16. The molecule has 0 fully saturated rings. The second-order valence-electron chi connectivity index (χ2n) is 4.44. The summed E-state index contributed by atoms with van der Waals surface area (Å²) < 4.78 is 5.43. The van der Waals surface area contributed by atoms with Crippen molar-refractivity contribution in [1.82, 2.24) is 5.43 Å². The van der Waals surface area contributed by atoms with E-state index in [0.717, 1.165) is 10.9 Å². The van der Waals surface area contributed by atoms with Gasteiger partial charge < -0.3 is 9.52 Å². The Bertz CT molecular complexity index is 771. The van der Waals surface area contributed by atoms with E-state index in [4.69, 9.17) is 9.52 Å². The molecule has 0 aliphatic carbocycles. The Morgan fingerprint density at radius 3 is 2.67 bits per heavy atom. The Labute approximate surface area is 120 Å². The summed E-state index contributed by atoms with van der Waals surface area (Å²) in [5, 5.41) is 13.9. The second kappa shape index (κ2) is 5.50. The molecule has 5 nitrogen and oxygen atoms in total. The van der Waals surface area contributed by atoms with Crippen LogP contribution in [0.15, 0.2) is 64.1 Å². The largest absolute Gasteiger partial charge is 0.508 e. The molecule has 3 aromatic rings. The number of fused-ring (bicyclic) bond motifs is 1. The standard InChI is InChI=1S/C16H12N2O3/c19-13-7-5-11(6-8-13)10-17-18-16(20)15-9-12-3-1-2-4-14(12)21-15/h1-10,19H,(H,18,20)/b17-10+. The molecular weight excluding hydrogens is 268 g/mol. The van der Waals surface area contributed by atoms with Gasteiger partial charge in [-0.1, -0.05) is 18.2 Å². The van der Waals surface area contributed by atoms with E-state index in [9.17, 15) is 4.79 Å². The van der Waals surface area contributed by atoms with Gasteiger partial charge in [0.15, 0.2) is 5.76 Å². The molecule has 3 rings (SSSR count). The lowest BCUT2D eigenvalue weighted by atomic mass is 10.2. The third-order valence-electron chi connectivity index (χ3n) is 2.92. The first kappa shape index (κ1) is 12.9.